The van der Waals surface area contributed by atoms with Gasteiger partial charge in [-0.05, 0) is 25.8 Å². The molecule has 5 heteroatoms. The SMILES string of the molecule is CC(O)c1cc2c(NC3CCCCCCC3)ncnc2s1. The third kappa shape index (κ3) is 3.52. The summed E-state index contributed by atoms with van der Waals surface area (Å²) < 4.78 is 0. The van der Waals surface area contributed by atoms with E-state index in [-0.39, 0.29) is 0 Å². The number of hydrogen-bond donors (Lipinski definition) is 2. The standard InChI is InChI=1S/C16H23N3OS/c1-11(20)14-9-13-15(17-10-18-16(13)21-14)19-12-7-5-3-2-4-6-8-12/h9-12,20H,2-8H2,1H3,(H,17,18,19). The Morgan fingerprint density at radius 3 is 2.62 bits per heavy atom. The van der Waals surface area contributed by atoms with E-state index in [0.717, 1.165) is 20.9 Å². The number of anilines is 1. The van der Waals surface area contributed by atoms with Crippen LogP contribution in [0.1, 0.15) is 62.9 Å². The smallest absolute Gasteiger partial charge is 0.138 e. The molecule has 0 amide bonds. The number of fused-ring (bicyclic) bond motifs is 1. The Labute approximate surface area is 129 Å². The number of aliphatic hydroxyl groups excluding tert-OH is 1. The highest BCUT2D eigenvalue weighted by Gasteiger charge is 2.16. The Balaban J connectivity index is 1.82. The van der Waals surface area contributed by atoms with Crippen molar-refractivity contribution in [2.24, 2.45) is 0 Å². The predicted molar refractivity (Wildman–Crippen MR) is 87.8 cm³/mol. The first kappa shape index (κ1) is 14.7. The molecule has 3 rings (SSSR count). The van der Waals surface area contributed by atoms with E-state index in [9.17, 15) is 5.11 Å². The van der Waals surface area contributed by atoms with Gasteiger partial charge in [0, 0.05) is 10.9 Å². The number of thiophene rings is 1. The summed E-state index contributed by atoms with van der Waals surface area (Å²) in [5.41, 5.74) is 0. The van der Waals surface area contributed by atoms with Gasteiger partial charge < -0.3 is 10.4 Å². The van der Waals surface area contributed by atoms with E-state index >= 15 is 0 Å². The lowest BCUT2D eigenvalue weighted by Gasteiger charge is -2.21. The average molecular weight is 305 g/mol. The highest BCUT2D eigenvalue weighted by atomic mass is 32.1. The maximum Gasteiger partial charge on any atom is 0.138 e. The van der Waals surface area contributed by atoms with Crippen LogP contribution < -0.4 is 5.32 Å². The molecule has 2 aromatic heterocycles. The van der Waals surface area contributed by atoms with Gasteiger partial charge in [-0.25, -0.2) is 9.97 Å². The fourth-order valence-corrected chi connectivity index (χ4v) is 3.92. The summed E-state index contributed by atoms with van der Waals surface area (Å²) in [6.45, 7) is 1.79. The van der Waals surface area contributed by atoms with Crippen molar-refractivity contribution < 1.29 is 5.11 Å². The topological polar surface area (TPSA) is 58.0 Å². The van der Waals surface area contributed by atoms with Crippen molar-refractivity contribution in [1.29, 1.82) is 0 Å². The summed E-state index contributed by atoms with van der Waals surface area (Å²) in [6.07, 6.45) is 10.3. The lowest BCUT2D eigenvalue weighted by molar-refractivity contribution is 0.203. The van der Waals surface area contributed by atoms with Gasteiger partial charge in [-0.2, -0.15) is 0 Å². The first-order valence-electron chi connectivity index (χ1n) is 7.93. The van der Waals surface area contributed by atoms with E-state index in [1.807, 2.05) is 6.07 Å². The van der Waals surface area contributed by atoms with E-state index in [1.165, 1.54) is 44.9 Å². The fourth-order valence-electron chi connectivity index (χ4n) is 2.99. The van der Waals surface area contributed by atoms with E-state index in [4.69, 9.17) is 0 Å². The van der Waals surface area contributed by atoms with Crippen LogP contribution >= 0.6 is 11.3 Å². The number of hydrogen-bond acceptors (Lipinski definition) is 5. The van der Waals surface area contributed by atoms with E-state index in [2.05, 4.69) is 15.3 Å². The van der Waals surface area contributed by atoms with Crippen LogP contribution in [0, 0.1) is 0 Å². The second kappa shape index (κ2) is 6.71. The van der Waals surface area contributed by atoms with Crippen molar-refractivity contribution in [2.45, 2.75) is 64.0 Å². The second-order valence-corrected chi connectivity index (χ2v) is 7.01. The molecule has 1 aliphatic rings. The van der Waals surface area contributed by atoms with Crippen LogP contribution in [-0.2, 0) is 0 Å². The van der Waals surface area contributed by atoms with Gasteiger partial charge in [-0.1, -0.05) is 32.1 Å². The number of nitrogens with one attached hydrogen (secondary N) is 1. The minimum Gasteiger partial charge on any atom is -0.388 e. The van der Waals surface area contributed by atoms with Crippen molar-refractivity contribution >= 4 is 27.4 Å². The van der Waals surface area contributed by atoms with Crippen molar-refractivity contribution in [2.75, 3.05) is 5.32 Å². The van der Waals surface area contributed by atoms with Crippen LogP contribution in [0.25, 0.3) is 10.2 Å². The van der Waals surface area contributed by atoms with E-state index in [0.29, 0.717) is 6.04 Å². The van der Waals surface area contributed by atoms with Crippen LogP contribution in [0.15, 0.2) is 12.4 Å². The van der Waals surface area contributed by atoms with Crippen molar-refractivity contribution in [1.82, 2.24) is 9.97 Å². The Morgan fingerprint density at radius 1 is 1.19 bits per heavy atom. The summed E-state index contributed by atoms with van der Waals surface area (Å²) in [5.74, 6) is 0.925. The van der Waals surface area contributed by atoms with Crippen molar-refractivity contribution in [3.05, 3.63) is 17.3 Å². The zero-order valence-electron chi connectivity index (χ0n) is 12.5. The highest BCUT2D eigenvalue weighted by molar-refractivity contribution is 7.18. The molecule has 0 saturated heterocycles. The first-order valence-corrected chi connectivity index (χ1v) is 8.75. The van der Waals surface area contributed by atoms with Gasteiger partial charge in [-0.3, -0.25) is 0 Å². The first-order chi connectivity index (χ1) is 10.2. The molecule has 1 saturated carbocycles. The number of aliphatic hydroxyl groups is 1. The number of rotatable bonds is 3. The third-order valence-corrected chi connectivity index (χ3v) is 5.42. The molecule has 2 heterocycles. The summed E-state index contributed by atoms with van der Waals surface area (Å²) in [5, 5.41) is 14.4. The van der Waals surface area contributed by atoms with E-state index in [1.54, 1.807) is 24.6 Å². The van der Waals surface area contributed by atoms with Gasteiger partial charge in [0.1, 0.15) is 17.0 Å². The fraction of sp³-hybridized carbons (Fsp3) is 0.625. The monoisotopic (exact) mass is 305 g/mol. The van der Waals surface area contributed by atoms with Crippen LogP contribution in [0.4, 0.5) is 5.82 Å². The van der Waals surface area contributed by atoms with E-state index < -0.39 is 6.10 Å². The van der Waals surface area contributed by atoms with Gasteiger partial charge in [-0.15, -0.1) is 11.3 Å². The Bertz CT molecular complexity index is 588. The molecule has 21 heavy (non-hydrogen) atoms. The quantitative estimate of drug-likeness (QED) is 0.889. The normalized spacial score (nSPS) is 19.1. The van der Waals surface area contributed by atoms with Gasteiger partial charge >= 0.3 is 0 Å². The number of nitrogens with zero attached hydrogens (tertiary/aromatic N) is 2. The lowest BCUT2D eigenvalue weighted by Crippen LogP contribution is -2.21. The molecule has 2 aromatic rings. The Morgan fingerprint density at radius 2 is 1.90 bits per heavy atom. The van der Waals surface area contributed by atoms with Crippen molar-refractivity contribution in [3.63, 3.8) is 0 Å². The largest absolute Gasteiger partial charge is 0.388 e. The highest BCUT2D eigenvalue weighted by Crippen LogP contribution is 2.32. The maximum absolute atomic E-state index is 9.75. The molecule has 0 aromatic carbocycles. The minimum absolute atomic E-state index is 0.446. The molecule has 0 bridgehead atoms. The van der Waals surface area contributed by atoms with Gasteiger partial charge in [0.2, 0.25) is 0 Å². The molecule has 0 aliphatic heterocycles. The van der Waals surface area contributed by atoms with Crippen LogP contribution in [0.2, 0.25) is 0 Å². The second-order valence-electron chi connectivity index (χ2n) is 5.95. The molecule has 1 unspecified atom stereocenters. The molecule has 1 atom stereocenters. The minimum atomic E-state index is -0.446. The predicted octanol–water partition coefficient (Wildman–Crippen LogP) is 4.27. The molecule has 0 spiro atoms. The summed E-state index contributed by atoms with van der Waals surface area (Å²) in [4.78, 5) is 10.7. The summed E-state index contributed by atoms with van der Waals surface area (Å²) >= 11 is 1.55. The molecule has 1 fully saturated rings. The van der Waals surface area contributed by atoms with Crippen LogP contribution in [-0.4, -0.2) is 21.1 Å². The maximum atomic E-state index is 9.75. The average Bonchev–Trinajstić information content (AvgIpc) is 2.87. The summed E-state index contributed by atoms with van der Waals surface area (Å²) in [7, 11) is 0. The summed E-state index contributed by atoms with van der Waals surface area (Å²) in [6, 6.07) is 2.54. The molecular weight excluding hydrogens is 282 g/mol. The number of aromatic nitrogens is 2. The zero-order chi connectivity index (χ0) is 14.7. The van der Waals surface area contributed by atoms with Gasteiger partial charge in [0.25, 0.3) is 0 Å². The molecule has 4 nitrogen and oxygen atoms in total. The Hall–Kier alpha value is -1.20. The van der Waals surface area contributed by atoms with Crippen LogP contribution in [0.3, 0.4) is 0 Å². The van der Waals surface area contributed by atoms with Gasteiger partial charge in [0.05, 0.1) is 11.5 Å². The molecule has 1 aliphatic carbocycles. The zero-order valence-corrected chi connectivity index (χ0v) is 13.3. The third-order valence-electron chi connectivity index (χ3n) is 4.21. The van der Waals surface area contributed by atoms with Crippen molar-refractivity contribution in [3.8, 4) is 0 Å². The molecular formula is C16H23N3OS. The molecule has 2 N–H and O–H groups in total. The van der Waals surface area contributed by atoms with Gasteiger partial charge in [0.15, 0.2) is 0 Å². The molecule has 0 radical (unpaired) electrons. The Kier molecular flexibility index (Phi) is 4.70. The molecule has 114 valence electrons. The van der Waals surface area contributed by atoms with Crippen LogP contribution in [0.5, 0.6) is 0 Å². The lowest BCUT2D eigenvalue weighted by atomic mass is 9.97.